The van der Waals surface area contributed by atoms with Crippen molar-refractivity contribution in [1.82, 2.24) is 18.7 Å². The molecule has 6 nitrogen and oxygen atoms in total. The maximum Gasteiger partial charge on any atom is 0.332 e. The van der Waals surface area contributed by atoms with E-state index >= 15 is 0 Å². The van der Waals surface area contributed by atoms with Crippen LogP contribution in [0.4, 0.5) is 0 Å². The Morgan fingerprint density at radius 2 is 2.00 bits per heavy atom. The molecule has 1 atom stereocenters. The molecule has 6 heteroatoms. The topological polar surface area (TPSA) is 61.8 Å². The summed E-state index contributed by atoms with van der Waals surface area (Å²) in [7, 11) is 3.00. The number of nitrogens with zero attached hydrogens (tertiary/aromatic N) is 4. The lowest BCUT2D eigenvalue weighted by Gasteiger charge is -2.08. The second-order valence-corrected chi connectivity index (χ2v) is 3.87. The van der Waals surface area contributed by atoms with Crippen molar-refractivity contribution < 1.29 is 0 Å². The molecule has 1 unspecified atom stereocenters. The monoisotopic (exact) mass is 232 g/mol. The van der Waals surface area contributed by atoms with Crippen LogP contribution in [0.25, 0.3) is 11.2 Å². The number of aromatic nitrogens is 4. The maximum absolute atomic E-state index is 12.0. The van der Waals surface area contributed by atoms with Gasteiger partial charge in [-0.3, -0.25) is 13.9 Å². The van der Waals surface area contributed by atoms with Gasteiger partial charge in [0, 0.05) is 14.1 Å². The molecule has 0 fully saturated rings. The second kappa shape index (κ2) is 3.63. The number of hydrogen-bond donors (Lipinski definition) is 0. The molecule has 0 N–H and O–H groups in total. The zero-order valence-corrected chi connectivity index (χ0v) is 9.84. The molecular weight excluding hydrogens is 220 g/mol. The molecule has 0 aliphatic heterocycles. The van der Waals surface area contributed by atoms with Crippen LogP contribution in [0, 0.1) is 12.3 Å². The van der Waals surface area contributed by atoms with Crippen LogP contribution in [0.2, 0.25) is 0 Å². The lowest BCUT2D eigenvalue weighted by Crippen LogP contribution is -2.37. The first-order valence-corrected chi connectivity index (χ1v) is 5.07. The van der Waals surface area contributed by atoms with Crippen LogP contribution < -0.4 is 11.2 Å². The number of aryl methyl sites for hydroxylation is 1. The van der Waals surface area contributed by atoms with Gasteiger partial charge in [-0.25, -0.2) is 9.78 Å². The molecule has 0 aliphatic rings. The minimum absolute atomic E-state index is 0.287. The van der Waals surface area contributed by atoms with E-state index in [1.807, 2.05) is 0 Å². The Morgan fingerprint density at radius 3 is 2.59 bits per heavy atom. The van der Waals surface area contributed by atoms with Crippen LogP contribution in [0.3, 0.4) is 0 Å². The molecule has 0 aliphatic carbocycles. The van der Waals surface area contributed by atoms with Crippen LogP contribution in [0.15, 0.2) is 15.9 Å². The molecule has 0 bridgehead atoms. The highest BCUT2D eigenvalue weighted by atomic mass is 16.2. The van der Waals surface area contributed by atoms with Gasteiger partial charge in [0.05, 0.1) is 12.4 Å². The van der Waals surface area contributed by atoms with Gasteiger partial charge < -0.3 is 4.57 Å². The van der Waals surface area contributed by atoms with E-state index in [2.05, 4.69) is 10.9 Å². The lowest BCUT2D eigenvalue weighted by molar-refractivity contribution is 0.677. The Balaban J connectivity index is 3.02. The highest BCUT2D eigenvalue weighted by Crippen LogP contribution is 2.11. The fraction of sp³-hybridized carbons (Fsp3) is 0.364. The first-order valence-electron chi connectivity index (χ1n) is 5.07. The molecule has 17 heavy (non-hydrogen) atoms. The normalized spacial score (nSPS) is 12.6. The summed E-state index contributed by atoms with van der Waals surface area (Å²) in [6.07, 6.45) is 6.82. The zero-order valence-electron chi connectivity index (χ0n) is 9.84. The summed E-state index contributed by atoms with van der Waals surface area (Å²) in [5, 5.41) is 0. The number of rotatable bonds is 1. The summed E-state index contributed by atoms with van der Waals surface area (Å²) in [5.74, 6) is 2.53. The Labute approximate surface area is 97.1 Å². The van der Waals surface area contributed by atoms with Gasteiger partial charge in [-0.15, -0.1) is 6.42 Å². The van der Waals surface area contributed by atoms with E-state index in [1.165, 1.54) is 17.9 Å². The number of terminal acetylenes is 1. The van der Waals surface area contributed by atoms with E-state index in [0.29, 0.717) is 11.2 Å². The first-order chi connectivity index (χ1) is 7.99. The maximum atomic E-state index is 12.0. The van der Waals surface area contributed by atoms with Crippen molar-refractivity contribution in [3.63, 3.8) is 0 Å². The van der Waals surface area contributed by atoms with Crippen molar-refractivity contribution in [1.29, 1.82) is 0 Å². The molecule has 88 valence electrons. The van der Waals surface area contributed by atoms with Crippen molar-refractivity contribution in [2.24, 2.45) is 14.1 Å². The van der Waals surface area contributed by atoms with Gasteiger partial charge in [0.15, 0.2) is 11.2 Å². The van der Waals surface area contributed by atoms with Crippen LogP contribution in [0.1, 0.15) is 13.0 Å². The third kappa shape index (κ3) is 1.40. The molecule has 2 aromatic heterocycles. The van der Waals surface area contributed by atoms with E-state index in [1.54, 1.807) is 18.5 Å². The smallest absolute Gasteiger partial charge is 0.310 e. The van der Waals surface area contributed by atoms with Crippen molar-refractivity contribution in [3.8, 4) is 12.3 Å². The van der Waals surface area contributed by atoms with Crippen LogP contribution >= 0.6 is 0 Å². The van der Waals surface area contributed by atoms with Gasteiger partial charge in [-0.2, -0.15) is 0 Å². The van der Waals surface area contributed by atoms with Gasteiger partial charge in [-0.05, 0) is 6.92 Å². The van der Waals surface area contributed by atoms with E-state index < -0.39 is 5.69 Å². The van der Waals surface area contributed by atoms with Crippen molar-refractivity contribution in [2.75, 3.05) is 0 Å². The SMILES string of the molecule is C#CC(C)n1cnc2c1c(=O)n(C)c(=O)n2C. The largest absolute Gasteiger partial charge is 0.332 e. The summed E-state index contributed by atoms with van der Waals surface area (Å²) in [4.78, 5) is 27.8. The molecule has 0 saturated carbocycles. The first kappa shape index (κ1) is 11.2. The molecular formula is C11H12N4O2. The molecule has 0 radical (unpaired) electrons. The average Bonchev–Trinajstić information content (AvgIpc) is 2.77. The average molecular weight is 232 g/mol. The zero-order chi connectivity index (χ0) is 12.7. The van der Waals surface area contributed by atoms with Gasteiger partial charge in [-0.1, -0.05) is 5.92 Å². The lowest BCUT2D eigenvalue weighted by atomic mass is 10.3. The minimum atomic E-state index is -0.402. The third-order valence-corrected chi connectivity index (χ3v) is 2.83. The summed E-state index contributed by atoms with van der Waals surface area (Å²) < 4.78 is 3.97. The van der Waals surface area contributed by atoms with Crippen molar-refractivity contribution in [2.45, 2.75) is 13.0 Å². The summed E-state index contributed by atoms with van der Waals surface area (Å²) in [6, 6.07) is -0.287. The fourth-order valence-electron chi connectivity index (χ4n) is 1.74. The fourth-order valence-corrected chi connectivity index (χ4v) is 1.74. The Bertz CT molecular complexity index is 742. The van der Waals surface area contributed by atoms with Crippen LogP contribution in [-0.4, -0.2) is 18.7 Å². The number of hydrogen-bond acceptors (Lipinski definition) is 3. The summed E-state index contributed by atoms with van der Waals surface area (Å²) >= 11 is 0. The van der Waals surface area contributed by atoms with Crippen molar-refractivity contribution in [3.05, 3.63) is 27.2 Å². The molecule has 0 aromatic carbocycles. The van der Waals surface area contributed by atoms with Gasteiger partial charge in [0.2, 0.25) is 0 Å². The molecule has 2 aromatic rings. The van der Waals surface area contributed by atoms with Crippen LogP contribution in [0.5, 0.6) is 0 Å². The van der Waals surface area contributed by atoms with Gasteiger partial charge >= 0.3 is 5.69 Å². The van der Waals surface area contributed by atoms with Crippen LogP contribution in [-0.2, 0) is 14.1 Å². The number of fused-ring (bicyclic) bond motifs is 1. The Kier molecular flexibility index (Phi) is 2.39. The molecule has 2 heterocycles. The Hall–Kier alpha value is -2.29. The third-order valence-electron chi connectivity index (χ3n) is 2.83. The van der Waals surface area contributed by atoms with E-state index in [0.717, 1.165) is 4.57 Å². The van der Waals surface area contributed by atoms with Gasteiger partial charge in [0.25, 0.3) is 5.56 Å². The second-order valence-electron chi connectivity index (χ2n) is 3.87. The summed E-state index contributed by atoms with van der Waals surface area (Å²) in [6.45, 7) is 1.78. The van der Waals surface area contributed by atoms with E-state index in [9.17, 15) is 9.59 Å². The molecule has 0 amide bonds. The predicted molar refractivity (Wildman–Crippen MR) is 63.8 cm³/mol. The molecule has 0 saturated heterocycles. The highest BCUT2D eigenvalue weighted by molar-refractivity contribution is 5.70. The quantitative estimate of drug-likeness (QED) is 0.630. The number of imidazole rings is 1. The van der Waals surface area contributed by atoms with E-state index in [4.69, 9.17) is 6.42 Å². The summed E-state index contributed by atoms with van der Waals surface area (Å²) in [5.41, 5.74) is -0.0935. The highest BCUT2D eigenvalue weighted by Gasteiger charge is 2.15. The minimum Gasteiger partial charge on any atom is -0.310 e. The standard InChI is InChI=1S/C11H12N4O2/c1-5-7(2)15-6-12-9-8(15)10(16)14(4)11(17)13(9)3/h1,6-7H,2-4H3. The Morgan fingerprint density at radius 1 is 1.35 bits per heavy atom. The predicted octanol–water partition coefficient (Wildman–Crippen LogP) is -0.372. The van der Waals surface area contributed by atoms with Crippen molar-refractivity contribution >= 4 is 11.2 Å². The van der Waals surface area contributed by atoms with Gasteiger partial charge in [0.1, 0.15) is 0 Å². The molecule has 0 spiro atoms. The van der Waals surface area contributed by atoms with E-state index in [-0.39, 0.29) is 11.6 Å². The molecule has 2 rings (SSSR count).